The van der Waals surface area contributed by atoms with Gasteiger partial charge < -0.3 is 16.4 Å². The van der Waals surface area contributed by atoms with Crippen molar-refractivity contribution in [1.29, 1.82) is 0 Å². The molecule has 0 saturated carbocycles. The normalized spacial score (nSPS) is 12.7. The van der Waals surface area contributed by atoms with Crippen LogP contribution in [0, 0.1) is 10.1 Å². The number of amides is 2. The van der Waals surface area contributed by atoms with Gasteiger partial charge in [0.1, 0.15) is 6.04 Å². The number of carbonyl (C=O) groups is 2. The van der Waals surface area contributed by atoms with E-state index in [1.165, 1.54) is 17.0 Å². The predicted octanol–water partition coefficient (Wildman–Crippen LogP) is 2.58. The Morgan fingerprint density at radius 3 is 2.16 bits per heavy atom. The van der Waals surface area contributed by atoms with E-state index in [-0.39, 0.29) is 18.0 Å². The molecule has 2 aromatic carbocycles. The maximum Gasteiger partial charge on any atom is 0.269 e. The van der Waals surface area contributed by atoms with Crippen LogP contribution in [-0.4, -0.2) is 40.3 Å². The molecule has 0 heterocycles. The monoisotopic (exact) mass is 426 g/mol. The summed E-state index contributed by atoms with van der Waals surface area (Å²) in [6.07, 6.45) is 3.11. The number of benzene rings is 2. The summed E-state index contributed by atoms with van der Waals surface area (Å²) in [5, 5.41) is 10.9. The highest BCUT2D eigenvalue weighted by Crippen LogP contribution is 2.17. The van der Waals surface area contributed by atoms with Crippen LogP contribution in [0.2, 0.25) is 0 Å². The van der Waals surface area contributed by atoms with Crippen LogP contribution in [0.25, 0.3) is 0 Å². The first-order chi connectivity index (χ1) is 14.8. The average molecular weight is 427 g/mol. The van der Waals surface area contributed by atoms with E-state index in [9.17, 15) is 19.7 Å². The van der Waals surface area contributed by atoms with Gasteiger partial charge in [0, 0.05) is 25.1 Å². The number of hydrogen-bond acceptors (Lipinski definition) is 5. The largest absolute Gasteiger partial charge is 0.368 e. The van der Waals surface area contributed by atoms with Crippen molar-refractivity contribution in [2.75, 3.05) is 6.54 Å². The Labute approximate surface area is 182 Å². The lowest BCUT2D eigenvalue weighted by molar-refractivity contribution is -0.384. The Hall–Kier alpha value is -3.26. The minimum Gasteiger partial charge on any atom is -0.368 e. The molecular weight excluding hydrogens is 396 g/mol. The van der Waals surface area contributed by atoms with Crippen LogP contribution in [0.4, 0.5) is 5.69 Å². The van der Waals surface area contributed by atoms with E-state index in [4.69, 9.17) is 11.5 Å². The topological polar surface area (TPSA) is 133 Å². The third-order valence-electron chi connectivity index (χ3n) is 5.18. The molecule has 8 heteroatoms. The van der Waals surface area contributed by atoms with Crippen molar-refractivity contribution in [3.8, 4) is 0 Å². The second kappa shape index (κ2) is 11.8. The van der Waals surface area contributed by atoms with Crippen molar-refractivity contribution < 1.29 is 14.5 Å². The maximum absolute atomic E-state index is 13.2. The summed E-state index contributed by atoms with van der Waals surface area (Å²) in [5.74, 6) is -0.958. The van der Waals surface area contributed by atoms with Gasteiger partial charge in [0.05, 0.1) is 11.0 Å². The van der Waals surface area contributed by atoms with E-state index in [0.29, 0.717) is 18.5 Å². The van der Waals surface area contributed by atoms with E-state index in [0.717, 1.165) is 24.8 Å². The van der Waals surface area contributed by atoms with Crippen molar-refractivity contribution in [2.24, 2.45) is 11.5 Å². The molecule has 2 amide bonds. The van der Waals surface area contributed by atoms with Gasteiger partial charge in [-0.05, 0) is 24.0 Å². The minimum absolute atomic E-state index is 0.0415. The SMILES string of the molecule is CCCCCN(C(=O)[C@@H](N)Cc1ccccc1)[C@@H](Cc1ccc([N+](=O)[O-])cc1)C(N)=O. The molecule has 2 aromatic rings. The second-order valence-electron chi connectivity index (χ2n) is 7.58. The second-order valence-corrected chi connectivity index (χ2v) is 7.58. The zero-order valence-electron chi connectivity index (χ0n) is 17.8. The van der Waals surface area contributed by atoms with Gasteiger partial charge >= 0.3 is 0 Å². The lowest BCUT2D eigenvalue weighted by Crippen LogP contribution is -2.54. The highest BCUT2D eigenvalue weighted by Gasteiger charge is 2.31. The number of nitrogens with zero attached hydrogens (tertiary/aromatic N) is 2. The number of primary amides is 1. The summed E-state index contributed by atoms with van der Waals surface area (Å²) in [6, 6.07) is 13.7. The summed E-state index contributed by atoms with van der Waals surface area (Å²) >= 11 is 0. The van der Waals surface area contributed by atoms with Gasteiger partial charge in [-0.3, -0.25) is 19.7 Å². The fourth-order valence-corrected chi connectivity index (χ4v) is 3.46. The zero-order valence-corrected chi connectivity index (χ0v) is 17.8. The third kappa shape index (κ3) is 7.18. The summed E-state index contributed by atoms with van der Waals surface area (Å²) in [4.78, 5) is 37.4. The van der Waals surface area contributed by atoms with Gasteiger partial charge in [0.25, 0.3) is 5.69 Å². The standard InChI is InChI=1S/C23H30N4O4/c1-2-3-7-14-26(23(29)20(24)15-17-8-5-4-6-9-17)21(22(25)28)16-18-10-12-19(13-11-18)27(30)31/h4-6,8-13,20-21H,2-3,7,14-16,24H2,1H3,(H2,25,28)/t20-,21-/m0/s1. The number of nitrogens with two attached hydrogens (primary N) is 2. The molecule has 2 rings (SSSR count). The van der Waals surface area contributed by atoms with E-state index in [2.05, 4.69) is 6.92 Å². The molecule has 166 valence electrons. The summed E-state index contributed by atoms with van der Waals surface area (Å²) in [7, 11) is 0. The van der Waals surface area contributed by atoms with E-state index >= 15 is 0 Å². The van der Waals surface area contributed by atoms with E-state index < -0.39 is 22.9 Å². The quantitative estimate of drug-likeness (QED) is 0.306. The van der Waals surface area contributed by atoms with Gasteiger partial charge in [-0.1, -0.05) is 62.2 Å². The molecule has 0 saturated heterocycles. The highest BCUT2D eigenvalue weighted by molar-refractivity contribution is 5.89. The Kier molecular flexibility index (Phi) is 9.14. The van der Waals surface area contributed by atoms with E-state index in [1.54, 1.807) is 12.1 Å². The number of non-ortho nitro benzene ring substituents is 1. The Balaban J connectivity index is 2.22. The molecule has 8 nitrogen and oxygen atoms in total. The lowest BCUT2D eigenvalue weighted by atomic mass is 10.00. The van der Waals surface area contributed by atoms with Crippen molar-refractivity contribution in [3.05, 3.63) is 75.8 Å². The molecule has 0 spiro atoms. The molecule has 0 unspecified atom stereocenters. The molecule has 0 radical (unpaired) electrons. The highest BCUT2D eigenvalue weighted by atomic mass is 16.6. The number of hydrogen-bond donors (Lipinski definition) is 2. The number of carbonyl (C=O) groups excluding carboxylic acids is 2. The Morgan fingerprint density at radius 1 is 1.00 bits per heavy atom. The molecular formula is C23H30N4O4. The molecule has 0 aromatic heterocycles. The Bertz CT molecular complexity index is 871. The first kappa shape index (κ1) is 24.0. The first-order valence-electron chi connectivity index (χ1n) is 10.5. The van der Waals surface area contributed by atoms with Crippen LogP contribution in [0.1, 0.15) is 37.3 Å². The third-order valence-corrected chi connectivity index (χ3v) is 5.18. The van der Waals surface area contributed by atoms with Gasteiger partial charge in [0.2, 0.25) is 11.8 Å². The molecule has 4 N–H and O–H groups in total. The van der Waals surface area contributed by atoms with Crippen molar-refractivity contribution in [3.63, 3.8) is 0 Å². The minimum atomic E-state index is -0.882. The maximum atomic E-state index is 13.2. The van der Waals surface area contributed by atoms with Gasteiger partial charge in [-0.25, -0.2) is 0 Å². The van der Waals surface area contributed by atoms with Crippen molar-refractivity contribution in [2.45, 2.75) is 51.1 Å². The van der Waals surface area contributed by atoms with Crippen LogP contribution in [-0.2, 0) is 22.4 Å². The fourth-order valence-electron chi connectivity index (χ4n) is 3.46. The molecule has 0 fully saturated rings. The van der Waals surface area contributed by atoms with Gasteiger partial charge in [-0.2, -0.15) is 0 Å². The molecule has 31 heavy (non-hydrogen) atoms. The van der Waals surface area contributed by atoms with Gasteiger partial charge in [0.15, 0.2) is 0 Å². The van der Waals surface area contributed by atoms with E-state index in [1.807, 2.05) is 30.3 Å². The van der Waals surface area contributed by atoms with Crippen LogP contribution >= 0.6 is 0 Å². The number of nitro benzene ring substituents is 1. The smallest absolute Gasteiger partial charge is 0.269 e. The summed E-state index contributed by atoms with van der Waals surface area (Å²) < 4.78 is 0. The lowest BCUT2D eigenvalue weighted by Gasteiger charge is -2.32. The molecule has 0 bridgehead atoms. The fraction of sp³-hybridized carbons (Fsp3) is 0.391. The van der Waals surface area contributed by atoms with Crippen LogP contribution in [0.5, 0.6) is 0 Å². The van der Waals surface area contributed by atoms with Crippen molar-refractivity contribution >= 4 is 17.5 Å². The first-order valence-corrected chi connectivity index (χ1v) is 10.5. The number of rotatable bonds is 12. The van der Waals surface area contributed by atoms with Crippen LogP contribution < -0.4 is 11.5 Å². The van der Waals surface area contributed by atoms with Gasteiger partial charge in [-0.15, -0.1) is 0 Å². The van der Waals surface area contributed by atoms with Crippen LogP contribution in [0.15, 0.2) is 54.6 Å². The Morgan fingerprint density at radius 2 is 1.61 bits per heavy atom. The van der Waals surface area contributed by atoms with Crippen molar-refractivity contribution in [1.82, 2.24) is 4.90 Å². The summed E-state index contributed by atoms with van der Waals surface area (Å²) in [5.41, 5.74) is 13.5. The summed E-state index contributed by atoms with van der Waals surface area (Å²) in [6.45, 7) is 2.42. The molecule has 0 aliphatic rings. The predicted molar refractivity (Wildman–Crippen MR) is 119 cm³/mol. The number of unbranched alkanes of at least 4 members (excludes halogenated alkanes) is 2. The average Bonchev–Trinajstić information content (AvgIpc) is 2.76. The molecule has 0 aliphatic carbocycles. The zero-order chi connectivity index (χ0) is 22.8. The number of nitro groups is 1. The molecule has 0 aliphatic heterocycles. The van der Waals surface area contributed by atoms with Crippen LogP contribution in [0.3, 0.4) is 0 Å². The molecule has 2 atom stereocenters.